The van der Waals surface area contributed by atoms with Gasteiger partial charge in [-0.1, -0.05) is 17.4 Å². The minimum absolute atomic E-state index is 0.583. The van der Waals surface area contributed by atoms with Crippen LogP contribution in [0.15, 0.2) is 18.2 Å². The Hall–Kier alpha value is -1.37. The van der Waals surface area contributed by atoms with Gasteiger partial charge in [-0.05, 0) is 12.1 Å². The number of fused-ring (bicyclic) bond motifs is 1. The maximum atomic E-state index is 5.84. The van der Waals surface area contributed by atoms with E-state index in [4.69, 9.17) is 15.2 Å². The molecule has 0 atom stereocenters. The van der Waals surface area contributed by atoms with E-state index in [2.05, 4.69) is 9.88 Å². The molecule has 19 heavy (non-hydrogen) atoms. The van der Waals surface area contributed by atoms with Crippen LogP contribution >= 0.6 is 11.3 Å². The number of hydrogen-bond donors (Lipinski definition) is 1. The van der Waals surface area contributed by atoms with Crippen molar-refractivity contribution in [1.82, 2.24) is 9.88 Å². The van der Waals surface area contributed by atoms with E-state index in [0.29, 0.717) is 11.7 Å². The molecule has 0 amide bonds. The third-order valence-electron chi connectivity index (χ3n) is 3.17. The van der Waals surface area contributed by atoms with Crippen LogP contribution in [0.4, 0.5) is 5.13 Å². The van der Waals surface area contributed by atoms with E-state index in [-0.39, 0.29) is 0 Å². The third-order valence-corrected chi connectivity index (χ3v) is 4.02. The van der Waals surface area contributed by atoms with Gasteiger partial charge < -0.3 is 15.2 Å². The molecule has 0 spiro atoms. The van der Waals surface area contributed by atoms with Crippen molar-refractivity contribution in [2.75, 3.05) is 45.2 Å². The van der Waals surface area contributed by atoms with E-state index in [1.165, 1.54) is 11.3 Å². The van der Waals surface area contributed by atoms with Crippen molar-refractivity contribution in [3.8, 4) is 5.75 Å². The Morgan fingerprint density at radius 2 is 2.21 bits per heavy atom. The lowest BCUT2D eigenvalue weighted by Gasteiger charge is -2.26. The van der Waals surface area contributed by atoms with E-state index in [9.17, 15) is 0 Å². The molecule has 0 bridgehead atoms. The molecule has 2 heterocycles. The van der Waals surface area contributed by atoms with Gasteiger partial charge in [-0.3, -0.25) is 4.90 Å². The van der Waals surface area contributed by atoms with Gasteiger partial charge in [0.2, 0.25) is 0 Å². The molecule has 102 valence electrons. The number of aromatic nitrogens is 1. The number of morpholine rings is 1. The summed E-state index contributed by atoms with van der Waals surface area (Å²) in [5, 5.41) is 0.583. The summed E-state index contributed by atoms with van der Waals surface area (Å²) in [5.74, 6) is 0.818. The standard InChI is InChI=1S/C13H17N3O2S/c14-13-15-12-10(2-1-3-11(12)19-13)18-9-6-16-4-7-17-8-5-16/h1-3H,4-9H2,(H2,14,15). The van der Waals surface area contributed by atoms with Crippen LogP contribution in [0, 0.1) is 0 Å². The Labute approximate surface area is 115 Å². The maximum absolute atomic E-state index is 5.84. The zero-order valence-corrected chi connectivity index (χ0v) is 11.5. The molecule has 1 aliphatic heterocycles. The number of nitrogens with two attached hydrogens (primary N) is 1. The molecule has 1 aromatic heterocycles. The largest absolute Gasteiger partial charge is 0.490 e. The summed E-state index contributed by atoms with van der Waals surface area (Å²) in [6.45, 7) is 5.18. The predicted molar refractivity (Wildman–Crippen MR) is 76.8 cm³/mol. The average molecular weight is 279 g/mol. The number of benzene rings is 1. The normalized spacial score (nSPS) is 16.8. The first-order valence-electron chi connectivity index (χ1n) is 6.41. The molecule has 0 saturated carbocycles. The fourth-order valence-corrected chi connectivity index (χ4v) is 2.92. The molecular formula is C13H17N3O2S. The van der Waals surface area contributed by atoms with E-state index >= 15 is 0 Å². The lowest BCUT2D eigenvalue weighted by Crippen LogP contribution is -2.38. The fraction of sp³-hybridized carbons (Fsp3) is 0.462. The molecule has 0 radical (unpaired) electrons. The second-order valence-electron chi connectivity index (χ2n) is 4.46. The van der Waals surface area contributed by atoms with Gasteiger partial charge in [0, 0.05) is 19.6 Å². The van der Waals surface area contributed by atoms with Gasteiger partial charge in [0.1, 0.15) is 17.9 Å². The summed E-state index contributed by atoms with van der Waals surface area (Å²) in [7, 11) is 0. The number of anilines is 1. The van der Waals surface area contributed by atoms with Crippen molar-refractivity contribution >= 4 is 26.7 Å². The van der Waals surface area contributed by atoms with Gasteiger partial charge in [-0.2, -0.15) is 0 Å². The van der Waals surface area contributed by atoms with Crippen molar-refractivity contribution in [1.29, 1.82) is 0 Å². The van der Waals surface area contributed by atoms with Crippen molar-refractivity contribution in [3.05, 3.63) is 18.2 Å². The fourth-order valence-electron chi connectivity index (χ4n) is 2.17. The highest BCUT2D eigenvalue weighted by atomic mass is 32.1. The Morgan fingerprint density at radius 1 is 1.37 bits per heavy atom. The molecule has 0 aliphatic carbocycles. The molecule has 6 heteroatoms. The number of hydrogen-bond acceptors (Lipinski definition) is 6. The Balaban J connectivity index is 1.61. The van der Waals surface area contributed by atoms with Crippen molar-refractivity contribution < 1.29 is 9.47 Å². The van der Waals surface area contributed by atoms with Gasteiger partial charge in [0.15, 0.2) is 5.13 Å². The monoisotopic (exact) mass is 279 g/mol. The number of rotatable bonds is 4. The van der Waals surface area contributed by atoms with Crippen LogP contribution in [0.3, 0.4) is 0 Å². The van der Waals surface area contributed by atoms with E-state index in [0.717, 1.165) is 48.8 Å². The smallest absolute Gasteiger partial charge is 0.181 e. The molecule has 1 aliphatic rings. The van der Waals surface area contributed by atoms with Gasteiger partial charge >= 0.3 is 0 Å². The van der Waals surface area contributed by atoms with Crippen molar-refractivity contribution in [3.63, 3.8) is 0 Å². The molecule has 2 aromatic rings. The van der Waals surface area contributed by atoms with Crippen LogP contribution in [-0.4, -0.2) is 49.3 Å². The first-order chi connectivity index (χ1) is 9.33. The van der Waals surface area contributed by atoms with Gasteiger partial charge in [-0.25, -0.2) is 4.98 Å². The van der Waals surface area contributed by atoms with E-state index in [1.807, 2.05) is 18.2 Å². The highest BCUT2D eigenvalue weighted by Crippen LogP contribution is 2.30. The second kappa shape index (κ2) is 5.73. The summed E-state index contributed by atoms with van der Waals surface area (Å²) in [5.41, 5.74) is 6.60. The summed E-state index contributed by atoms with van der Waals surface area (Å²) >= 11 is 1.49. The first-order valence-corrected chi connectivity index (χ1v) is 7.22. The maximum Gasteiger partial charge on any atom is 0.181 e. The van der Waals surface area contributed by atoms with Crippen LogP contribution in [0.1, 0.15) is 0 Å². The Kier molecular flexibility index (Phi) is 3.82. The third kappa shape index (κ3) is 2.97. The van der Waals surface area contributed by atoms with Crippen LogP contribution in [0.5, 0.6) is 5.75 Å². The molecule has 1 aromatic carbocycles. The highest BCUT2D eigenvalue weighted by molar-refractivity contribution is 7.22. The summed E-state index contributed by atoms with van der Waals surface area (Å²) < 4.78 is 12.2. The SMILES string of the molecule is Nc1nc2c(OCCN3CCOCC3)cccc2s1. The van der Waals surface area contributed by atoms with E-state index < -0.39 is 0 Å². The minimum atomic E-state index is 0.583. The number of ether oxygens (including phenoxy) is 2. The van der Waals surface area contributed by atoms with Crippen LogP contribution in [-0.2, 0) is 4.74 Å². The van der Waals surface area contributed by atoms with Gasteiger partial charge in [0.25, 0.3) is 0 Å². The van der Waals surface area contributed by atoms with Gasteiger partial charge in [-0.15, -0.1) is 0 Å². The average Bonchev–Trinajstić information content (AvgIpc) is 2.81. The molecule has 1 saturated heterocycles. The Morgan fingerprint density at radius 3 is 3.05 bits per heavy atom. The number of nitrogen functional groups attached to an aromatic ring is 1. The highest BCUT2D eigenvalue weighted by Gasteiger charge is 2.11. The van der Waals surface area contributed by atoms with E-state index in [1.54, 1.807) is 0 Å². The molecular weight excluding hydrogens is 262 g/mol. The van der Waals surface area contributed by atoms with Crippen molar-refractivity contribution in [2.45, 2.75) is 0 Å². The molecule has 5 nitrogen and oxygen atoms in total. The summed E-state index contributed by atoms with van der Waals surface area (Å²) in [6, 6.07) is 5.93. The molecule has 2 N–H and O–H groups in total. The predicted octanol–water partition coefficient (Wildman–Crippen LogP) is 1.59. The second-order valence-corrected chi connectivity index (χ2v) is 5.52. The number of nitrogens with zero attached hydrogens (tertiary/aromatic N) is 2. The van der Waals surface area contributed by atoms with Crippen LogP contribution in [0.2, 0.25) is 0 Å². The van der Waals surface area contributed by atoms with Gasteiger partial charge in [0.05, 0.1) is 17.9 Å². The quantitative estimate of drug-likeness (QED) is 0.921. The van der Waals surface area contributed by atoms with Crippen LogP contribution in [0.25, 0.3) is 10.2 Å². The topological polar surface area (TPSA) is 60.6 Å². The lowest BCUT2D eigenvalue weighted by atomic mass is 10.3. The Bertz CT molecular complexity index is 552. The summed E-state index contributed by atoms with van der Waals surface area (Å²) in [4.78, 5) is 6.66. The first kappa shape index (κ1) is 12.7. The zero-order chi connectivity index (χ0) is 13.1. The lowest BCUT2D eigenvalue weighted by molar-refractivity contribution is 0.0323. The minimum Gasteiger partial charge on any atom is -0.490 e. The molecule has 0 unspecified atom stereocenters. The molecule has 1 fully saturated rings. The number of thiazole rings is 1. The zero-order valence-electron chi connectivity index (χ0n) is 10.7. The number of para-hydroxylation sites is 1. The van der Waals surface area contributed by atoms with Crippen molar-refractivity contribution in [2.24, 2.45) is 0 Å². The van der Waals surface area contributed by atoms with Crippen LogP contribution < -0.4 is 10.5 Å². The summed E-state index contributed by atoms with van der Waals surface area (Å²) in [6.07, 6.45) is 0. The molecule has 3 rings (SSSR count).